The molecule has 2 N–H and O–H groups in total. The molecule has 2 rings (SSSR count). The average Bonchev–Trinajstić information content (AvgIpc) is 3.12. The number of hydrogen-bond donors (Lipinski definition) is 2. The number of amides is 2. The van der Waals surface area contributed by atoms with Crippen LogP contribution in [0.3, 0.4) is 0 Å². The molecule has 0 radical (unpaired) electrons. The number of carbonyl (C=O) groups excluding carboxylic acids is 2. The van der Waals surface area contributed by atoms with Crippen molar-refractivity contribution in [3.63, 3.8) is 0 Å². The van der Waals surface area contributed by atoms with Gasteiger partial charge in [0.15, 0.2) is 0 Å². The fourth-order valence-electron chi connectivity index (χ4n) is 1.39. The van der Waals surface area contributed by atoms with Crippen LogP contribution >= 0.6 is 0 Å². The lowest BCUT2D eigenvalue weighted by molar-refractivity contribution is -0.117. The van der Waals surface area contributed by atoms with Crippen LogP contribution in [0.2, 0.25) is 0 Å². The monoisotopic (exact) mass is 219 g/mol. The van der Waals surface area contributed by atoms with Crippen LogP contribution < -0.4 is 10.6 Å². The van der Waals surface area contributed by atoms with Crippen molar-refractivity contribution >= 4 is 17.6 Å². The Kier molecular flexibility index (Phi) is 2.85. The highest BCUT2D eigenvalue weighted by Gasteiger charge is 2.30. The minimum atomic E-state index is -0.251. The standard InChI is InChI=1S/C11H13N3O2/c1-12-11(16)8-3-2-6-13-9(8)14-10(15)7-4-5-7/h2-3,6-7H,4-5H2,1H3,(H,12,16)(H,13,14,15). The molecule has 1 fully saturated rings. The maximum absolute atomic E-state index is 11.6. The van der Waals surface area contributed by atoms with Gasteiger partial charge in [0.1, 0.15) is 5.82 Å². The van der Waals surface area contributed by atoms with Crippen LogP contribution in [0, 0.1) is 5.92 Å². The SMILES string of the molecule is CNC(=O)c1cccnc1NC(=O)C1CC1. The summed E-state index contributed by atoms with van der Waals surface area (Å²) in [7, 11) is 1.54. The second-order valence-corrected chi connectivity index (χ2v) is 3.74. The van der Waals surface area contributed by atoms with E-state index >= 15 is 0 Å². The zero-order chi connectivity index (χ0) is 11.5. The first-order valence-corrected chi connectivity index (χ1v) is 5.20. The zero-order valence-electron chi connectivity index (χ0n) is 8.99. The third-order valence-corrected chi connectivity index (χ3v) is 2.47. The first-order chi connectivity index (χ1) is 7.72. The lowest BCUT2D eigenvalue weighted by atomic mass is 10.2. The van der Waals surface area contributed by atoms with Gasteiger partial charge in [-0.2, -0.15) is 0 Å². The molecule has 0 saturated heterocycles. The Morgan fingerprint density at radius 3 is 2.81 bits per heavy atom. The summed E-state index contributed by atoms with van der Waals surface area (Å²) in [4.78, 5) is 27.1. The molecule has 2 amide bonds. The smallest absolute Gasteiger partial charge is 0.254 e. The Morgan fingerprint density at radius 2 is 2.19 bits per heavy atom. The largest absolute Gasteiger partial charge is 0.355 e. The Morgan fingerprint density at radius 1 is 1.44 bits per heavy atom. The van der Waals surface area contributed by atoms with Crippen molar-refractivity contribution < 1.29 is 9.59 Å². The van der Waals surface area contributed by atoms with Gasteiger partial charge in [0.2, 0.25) is 5.91 Å². The first-order valence-electron chi connectivity index (χ1n) is 5.20. The molecule has 1 heterocycles. The fourth-order valence-corrected chi connectivity index (χ4v) is 1.39. The van der Waals surface area contributed by atoms with Crippen LogP contribution in [0.15, 0.2) is 18.3 Å². The number of carbonyl (C=O) groups is 2. The number of anilines is 1. The van der Waals surface area contributed by atoms with Gasteiger partial charge in [-0.1, -0.05) is 0 Å². The molecule has 5 heteroatoms. The lowest BCUT2D eigenvalue weighted by Crippen LogP contribution is -2.22. The fraction of sp³-hybridized carbons (Fsp3) is 0.364. The normalized spacial score (nSPS) is 14.3. The van der Waals surface area contributed by atoms with E-state index in [1.54, 1.807) is 25.4 Å². The first kappa shape index (κ1) is 10.6. The van der Waals surface area contributed by atoms with Crippen molar-refractivity contribution in [2.45, 2.75) is 12.8 Å². The van der Waals surface area contributed by atoms with E-state index in [1.165, 1.54) is 0 Å². The predicted molar refractivity (Wildman–Crippen MR) is 59.0 cm³/mol. The Balaban J connectivity index is 2.18. The predicted octanol–water partition coefficient (Wildman–Crippen LogP) is 0.790. The van der Waals surface area contributed by atoms with Gasteiger partial charge in [0.25, 0.3) is 5.91 Å². The molecule has 16 heavy (non-hydrogen) atoms. The zero-order valence-corrected chi connectivity index (χ0v) is 8.99. The molecule has 1 aliphatic carbocycles. The molecule has 0 bridgehead atoms. The molecule has 0 unspecified atom stereocenters. The van der Waals surface area contributed by atoms with Crippen LogP contribution in [0.1, 0.15) is 23.2 Å². The highest BCUT2D eigenvalue weighted by molar-refractivity contribution is 6.03. The van der Waals surface area contributed by atoms with Gasteiger partial charge in [0.05, 0.1) is 5.56 Å². The molecule has 5 nitrogen and oxygen atoms in total. The van der Waals surface area contributed by atoms with Crippen molar-refractivity contribution in [3.05, 3.63) is 23.9 Å². The van der Waals surface area contributed by atoms with Gasteiger partial charge in [-0.05, 0) is 25.0 Å². The van der Waals surface area contributed by atoms with Crippen molar-refractivity contribution in [2.24, 2.45) is 5.92 Å². The molecular weight excluding hydrogens is 206 g/mol. The van der Waals surface area contributed by atoms with E-state index in [9.17, 15) is 9.59 Å². The van der Waals surface area contributed by atoms with Crippen molar-refractivity contribution in [1.29, 1.82) is 0 Å². The minimum absolute atomic E-state index is 0.0520. The number of hydrogen-bond acceptors (Lipinski definition) is 3. The van der Waals surface area contributed by atoms with Gasteiger partial charge in [0, 0.05) is 19.2 Å². The third kappa shape index (κ3) is 2.18. The maximum atomic E-state index is 11.6. The molecule has 0 atom stereocenters. The van der Waals surface area contributed by atoms with Crippen molar-refractivity contribution in [2.75, 3.05) is 12.4 Å². The van der Waals surface area contributed by atoms with E-state index in [1.807, 2.05) is 0 Å². The van der Waals surface area contributed by atoms with Crippen LogP contribution in [0.25, 0.3) is 0 Å². The van der Waals surface area contributed by atoms with Crippen molar-refractivity contribution in [3.8, 4) is 0 Å². The van der Waals surface area contributed by atoms with E-state index in [4.69, 9.17) is 0 Å². The average molecular weight is 219 g/mol. The summed E-state index contributed by atoms with van der Waals surface area (Å²) in [6.45, 7) is 0. The Hall–Kier alpha value is -1.91. The van der Waals surface area contributed by atoms with Gasteiger partial charge in [-0.3, -0.25) is 9.59 Å². The number of nitrogens with one attached hydrogen (secondary N) is 2. The van der Waals surface area contributed by atoms with Gasteiger partial charge < -0.3 is 10.6 Å². The highest BCUT2D eigenvalue weighted by Crippen LogP contribution is 2.30. The van der Waals surface area contributed by atoms with Gasteiger partial charge in [-0.15, -0.1) is 0 Å². The van der Waals surface area contributed by atoms with Gasteiger partial charge in [-0.25, -0.2) is 4.98 Å². The van der Waals surface area contributed by atoms with Crippen LogP contribution in [0.5, 0.6) is 0 Å². The summed E-state index contributed by atoms with van der Waals surface area (Å²) in [6.07, 6.45) is 3.40. The van der Waals surface area contributed by atoms with Gasteiger partial charge >= 0.3 is 0 Å². The number of rotatable bonds is 3. The second kappa shape index (κ2) is 4.30. The van der Waals surface area contributed by atoms with E-state index in [0.717, 1.165) is 12.8 Å². The summed E-state index contributed by atoms with van der Waals surface area (Å²) in [5.41, 5.74) is 0.388. The summed E-state index contributed by atoms with van der Waals surface area (Å²) >= 11 is 0. The van der Waals surface area contributed by atoms with Crippen LogP contribution in [0.4, 0.5) is 5.82 Å². The molecule has 1 aliphatic rings. The summed E-state index contributed by atoms with van der Waals surface area (Å²) in [5, 5.41) is 5.19. The lowest BCUT2D eigenvalue weighted by Gasteiger charge is -2.07. The summed E-state index contributed by atoms with van der Waals surface area (Å²) < 4.78 is 0. The number of nitrogens with zero attached hydrogens (tertiary/aromatic N) is 1. The molecular formula is C11H13N3O2. The van der Waals surface area contributed by atoms with Crippen LogP contribution in [-0.2, 0) is 4.79 Å². The van der Waals surface area contributed by atoms with Crippen LogP contribution in [-0.4, -0.2) is 23.8 Å². The summed E-state index contributed by atoms with van der Waals surface area (Å²) in [5.74, 6) is 0.126. The van der Waals surface area contributed by atoms with Crippen molar-refractivity contribution in [1.82, 2.24) is 10.3 Å². The molecule has 1 saturated carbocycles. The summed E-state index contributed by atoms with van der Waals surface area (Å²) in [6, 6.07) is 3.30. The number of aromatic nitrogens is 1. The molecule has 84 valence electrons. The third-order valence-electron chi connectivity index (χ3n) is 2.47. The highest BCUT2D eigenvalue weighted by atomic mass is 16.2. The minimum Gasteiger partial charge on any atom is -0.355 e. The van der Waals surface area contributed by atoms with E-state index in [2.05, 4.69) is 15.6 Å². The van der Waals surface area contributed by atoms with E-state index < -0.39 is 0 Å². The topological polar surface area (TPSA) is 71.1 Å². The quantitative estimate of drug-likeness (QED) is 0.789. The van der Waals surface area contributed by atoms with E-state index in [-0.39, 0.29) is 17.7 Å². The Labute approximate surface area is 93.3 Å². The Bertz CT molecular complexity index is 427. The van der Waals surface area contributed by atoms with E-state index in [0.29, 0.717) is 11.4 Å². The maximum Gasteiger partial charge on any atom is 0.254 e. The molecule has 0 aliphatic heterocycles. The molecule has 1 aromatic rings. The number of pyridine rings is 1. The molecule has 1 aromatic heterocycles. The molecule has 0 aromatic carbocycles. The second-order valence-electron chi connectivity index (χ2n) is 3.74. The molecule has 0 spiro atoms.